The Morgan fingerprint density at radius 1 is 1.55 bits per heavy atom. The van der Waals surface area contributed by atoms with Crippen LogP contribution in [0.25, 0.3) is 0 Å². The van der Waals surface area contributed by atoms with Crippen molar-refractivity contribution in [1.29, 1.82) is 0 Å². The third kappa shape index (κ3) is 3.62. The monoisotopic (exact) mass is 316 g/mol. The lowest BCUT2D eigenvalue weighted by molar-refractivity contribution is -0.163. The highest BCUT2D eigenvalue weighted by molar-refractivity contribution is 7.86. The number of ether oxygens (including phenoxy) is 1. The summed E-state index contributed by atoms with van der Waals surface area (Å²) in [5.74, 6) is -7.04. The molecule has 1 atom stereocenters. The van der Waals surface area contributed by atoms with Crippen molar-refractivity contribution in [1.82, 2.24) is 8.61 Å². The van der Waals surface area contributed by atoms with Gasteiger partial charge in [0.25, 0.3) is 16.1 Å². The third-order valence-electron chi connectivity index (χ3n) is 3.19. The largest absolute Gasteiger partial charge is 0.481 e. The van der Waals surface area contributed by atoms with Crippen LogP contribution in [-0.2, 0) is 19.7 Å². The molecule has 1 aliphatic heterocycles. The van der Waals surface area contributed by atoms with Crippen LogP contribution in [0.3, 0.4) is 0 Å². The fraction of sp³-hybridized carbons (Fsp3) is 0.900. The average molecular weight is 316 g/mol. The molecule has 1 fully saturated rings. The zero-order valence-electron chi connectivity index (χ0n) is 11.3. The molecule has 1 heterocycles. The molecule has 0 amide bonds. The van der Waals surface area contributed by atoms with Gasteiger partial charge in [-0.2, -0.15) is 17.0 Å². The van der Waals surface area contributed by atoms with E-state index in [1.54, 1.807) is 0 Å². The van der Waals surface area contributed by atoms with Gasteiger partial charge in [-0.25, -0.2) is 8.78 Å². The summed E-state index contributed by atoms with van der Waals surface area (Å²) >= 11 is 0. The molecular weight excluding hydrogens is 298 g/mol. The first-order chi connectivity index (χ1) is 9.13. The molecule has 1 saturated heterocycles. The number of alkyl halides is 2. The second-order valence-corrected chi connectivity index (χ2v) is 6.63. The van der Waals surface area contributed by atoms with Crippen molar-refractivity contribution in [3.63, 3.8) is 0 Å². The predicted molar refractivity (Wildman–Crippen MR) is 65.7 cm³/mol. The number of halogens is 2. The zero-order valence-corrected chi connectivity index (χ0v) is 12.1. The topological polar surface area (TPSA) is 87.2 Å². The Kier molecular flexibility index (Phi) is 5.41. The molecule has 0 aromatic carbocycles. The molecular formula is C10H18F2N2O5S. The number of likely N-dealkylation sites (N-methyl/N-ethyl adjacent to an activating group) is 1. The first-order valence-electron chi connectivity index (χ1n) is 5.94. The molecule has 0 aromatic rings. The highest BCUT2D eigenvalue weighted by Gasteiger charge is 2.51. The molecule has 1 aliphatic rings. The number of rotatable bonds is 6. The molecule has 0 saturated carbocycles. The first-order valence-corrected chi connectivity index (χ1v) is 7.33. The molecule has 10 heteroatoms. The Morgan fingerprint density at radius 2 is 2.15 bits per heavy atom. The molecule has 0 radical (unpaired) electrons. The summed E-state index contributed by atoms with van der Waals surface area (Å²) in [6.07, 6.45) is -0.417. The van der Waals surface area contributed by atoms with Crippen LogP contribution in [0.15, 0.2) is 0 Å². The SMILES string of the molecule is COCCN(C)S(=O)(=O)N1CCC(C(=O)O)C(F)(F)C1. The van der Waals surface area contributed by atoms with Crippen LogP contribution in [0.4, 0.5) is 8.78 Å². The maximum absolute atomic E-state index is 13.7. The fourth-order valence-corrected chi connectivity index (χ4v) is 3.31. The molecule has 20 heavy (non-hydrogen) atoms. The van der Waals surface area contributed by atoms with E-state index >= 15 is 0 Å². The van der Waals surface area contributed by atoms with E-state index in [-0.39, 0.29) is 19.7 Å². The van der Waals surface area contributed by atoms with Gasteiger partial charge in [-0.3, -0.25) is 4.79 Å². The second-order valence-electron chi connectivity index (χ2n) is 4.60. The van der Waals surface area contributed by atoms with E-state index in [0.717, 1.165) is 4.31 Å². The smallest absolute Gasteiger partial charge is 0.312 e. The number of hydrogen-bond acceptors (Lipinski definition) is 4. The number of aliphatic carboxylic acids is 1. The number of piperidine rings is 1. The summed E-state index contributed by atoms with van der Waals surface area (Å²) in [5.41, 5.74) is 0. The van der Waals surface area contributed by atoms with Crippen LogP contribution in [0.5, 0.6) is 0 Å². The third-order valence-corrected chi connectivity index (χ3v) is 5.13. The lowest BCUT2D eigenvalue weighted by atomic mass is 9.94. The van der Waals surface area contributed by atoms with Crippen molar-refractivity contribution < 1.29 is 31.8 Å². The van der Waals surface area contributed by atoms with Crippen molar-refractivity contribution in [2.24, 2.45) is 5.92 Å². The average Bonchev–Trinajstić information content (AvgIpc) is 2.33. The molecule has 0 aliphatic carbocycles. The van der Waals surface area contributed by atoms with Gasteiger partial charge < -0.3 is 9.84 Å². The number of hydrogen-bond donors (Lipinski definition) is 1. The van der Waals surface area contributed by atoms with Gasteiger partial charge in [-0.15, -0.1) is 0 Å². The van der Waals surface area contributed by atoms with Crippen molar-refractivity contribution in [2.45, 2.75) is 12.3 Å². The highest BCUT2D eigenvalue weighted by atomic mass is 32.2. The van der Waals surface area contributed by atoms with Gasteiger partial charge in [-0.1, -0.05) is 0 Å². The van der Waals surface area contributed by atoms with E-state index in [9.17, 15) is 22.0 Å². The van der Waals surface area contributed by atoms with Gasteiger partial charge in [0.1, 0.15) is 5.92 Å². The maximum Gasteiger partial charge on any atom is 0.312 e. The van der Waals surface area contributed by atoms with E-state index in [1.165, 1.54) is 14.2 Å². The predicted octanol–water partition coefficient (Wildman–Crippen LogP) is -0.149. The van der Waals surface area contributed by atoms with Gasteiger partial charge in [0, 0.05) is 27.2 Å². The molecule has 0 spiro atoms. The summed E-state index contributed by atoms with van der Waals surface area (Å²) in [6, 6.07) is 0. The van der Waals surface area contributed by atoms with Gasteiger partial charge in [-0.05, 0) is 6.42 Å². The van der Waals surface area contributed by atoms with Gasteiger partial charge in [0.2, 0.25) is 0 Å². The van der Waals surface area contributed by atoms with Crippen LogP contribution in [0.1, 0.15) is 6.42 Å². The van der Waals surface area contributed by atoms with Crippen LogP contribution in [0.2, 0.25) is 0 Å². The normalized spacial score (nSPS) is 23.9. The van der Waals surface area contributed by atoms with Crippen LogP contribution in [-0.4, -0.2) is 74.4 Å². The summed E-state index contributed by atoms with van der Waals surface area (Å²) in [6.45, 7) is -1.20. The molecule has 7 nitrogen and oxygen atoms in total. The lowest BCUT2D eigenvalue weighted by Crippen LogP contribution is -2.55. The minimum atomic E-state index is -4.04. The minimum Gasteiger partial charge on any atom is -0.481 e. The molecule has 0 bridgehead atoms. The zero-order chi connectivity index (χ0) is 15.6. The quantitative estimate of drug-likeness (QED) is 0.736. The maximum atomic E-state index is 13.7. The van der Waals surface area contributed by atoms with Crippen molar-refractivity contribution in [2.75, 3.05) is 40.4 Å². The van der Waals surface area contributed by atoms with Crippen LogP contribution < -0.4 is 0 Å². The summed E-state index contributed by atoms with van der Waals surface area (Å²) < 4.78 is 57.8. The van der Waals surface area contributed by atoms with Crippen LogP contribution >= 0.6 is 0 Å². The van der Waals surface area contributed by atoms with E-state index in [1.807, 2.05) is 0 Å². The number of methoxy groups -OCH3 is 1. The Labute approximate surface area is 116 Å². The standard InChI is InChI=1S/C10H18F2N2O5S/c1-13(5-6-19-2)20(17,18)14-4-3-8(9(15)16)10(11,12)7-14/h8H,3-7H2,1-2H3,(H,15,16). The van der Waals surface area contributed by atoms with Crippen LogP contribution in [0, 0.1) is 5.92 Å². The molecule has 1 rings (SSSR count). The fourth-order valence-electron chi connectivity index (χ4n) is 1.94. The van der Waals surface area contributed by atoms with E-state index in [2.05, 4.69) is 0 Å². The summed E-state index contributed by atoms with van der Waals surface area (Å²) in [4.78, 5) is 10.7. The summed E-state index contributed by atoms with van der Waals surface area (Å²) in [5, 5.41) is 8.71. The molecule has 0 aromatic heterocycles. The number of carboxylic acid groups (broad SMARTS) is 1. The highest BCUT2D eigenvalue weighted by Crippen LogP contribution is 2.34. The number of carboxylic acids is 1. The van der Waals surface area contributed by atoms with Gasteiger partial charge in [0.15, 0.2) is 0 Å². The van der Waals surface area contributed by atoms with Gasteiger partial charge >= 0.3 is 5.97 Å². The molecule has 1 unspecified atom stereocenters. The van der Waals surface area contributed by atoms with E-state index in [0.29, 0.717) is 4.31 Å². The van der Waals surface area contributed by atoms with Crippen molar-refractivity contribution in [3.05, 3.63) is 0 Å². The Morgan fingerprint density at radius 3 is 2.60 bits per heavy atom. The van der Waals surface area contributed by atoms with Crippen molar-refractivity contribution >= 4 is 16.2 Å². The number of nitrogens with zero attached hydrogens (tertiary/aromatic N) is 2. The van der Waals surface area contributed by atoms with E-state index in [4.69, 9.17) is 9.84 Å². The minimum absolute atomic E-state index is 0.0310. The lowest BCUT2D eigenvalue weighted by Gasteiger charge is -2.37. The Hall–Kier alpha value is -0.840. The number of carbonyl (C=O) groups is 1. The van der Waals surface area contributed by atoms with Gasteiger partial charge in [0.05, 0.1) is 13.2 Å². The second kappa shape index (κ2) is 6.29. The molecule has 118 valence electrons. The first kappa shape index (κ1) is 17.2. The van der Waals surface area contributed by atoms with E-state index < -0.39 is 41.0 Å². The summed E-state index contributed by atoms with van der Waals surface area (Å²) in [7, 11) is -1.39. The van der Waals surface area contributed by atoms with Crippen molar-refractivity contribution in [3.8, 4) is 0 Å². The molecule has 1 N–H and O–H groups in total. The Balaban J connectivity index is 2.82. The Bertz CT molecular complexity index is 457.